The molecule has 182 valence electrons. The quantitative estimate of drug-likeness (QED) is 0.576. The molecule has 2 aliphatic rings. The number of hydrogen-bond donors (Lipinski definition) is 2. The van der Waals surface area contributed by atoms with E-state index in [9.17, 15) is 4.79 Å². The first-order chi connectivity index (χ1) is 16.9. The molecule has 9 heteroatoms. The molecular weight excluding hydrogens is 444 g/mol. The van der Waals surface area contributed by atoms with Gasteiger partial charge in [0.1, 0.15) is 11.6 Å². The van der Waals surface area contributed by atoms with Gasteiger partial charge < -0.3 is 25.0 Å². The van der Waals surface area contributed by atoms with Gasteiger partial charge in [-0.3, -0.25) is 4.79 Å². The van der Waals surface area contributed by atoms with E-state index in [1.54, 1.807) is 19.4 Å². The molecule has 0 aliphatic carbocycles. The summed E-state index contributed by atoms with van der Waals surface area (Å²) in [5, 5.41) is 6.66. The summed E-state index contributed by atoms with van der Waals surface area (Å²) >= 11 is 0. The average Bonchev–Trinajstić information content (AvgIpc) is 3.19. The zero-order valence-corrected chi connectivity index (χ0v) is 20.5. The zero-order valence-electron chi connectivity index (χ0n) is 20.5. The van der Waals surface area contributed by atoms with Gasteiger partial charge in [0.05, 0.1) is 26.0 Å². The first-order valence-corrected chi connectivity index (χ1v) is 11.8. The highest BCUT2D eigenvalue weighted by Crippen LogP contribution is 2.37. The molecule has 5 rings (SSSR count). The second kappa shape index (κ2) is 9.14. The van der Waals surface area contributed by atoms with Crippen LogP contribution in [0.25, 0.3) is 11.3 Å². The SMILES string of the molecule is COc1cc(Nc2nccc(-c3cnc4c(c3)C(C)(C)CN4)n2)c(C)c(C(=O)N2CCOCC2)c1. The molecule has 9 nitrogen and oxygen atoms in total. The summed E-state index contributed by atoms with van der Waals surface area (Å²) in [5.74, 6) is 1.91. The molecule has 0 saturated carbocycles. The average molecular weight is 475 g/mol. The number of benzene rings is 1. The summed E-state index contributed by atoms with van der Waals surface area (Å²) in [6.45, 7) is 9.41. The number of methoxy groups -OCH3 is 1. The highest BCUT2D eigenvalue weighted by molar-refractivity contribution is 5.98. The molecule has 2 N–H and O–H groups in total. The number of nitrogens with one attached hydrogen (secondary N) is 2. The number of ether oxygens (including phenoxy) is 2. The standard InChI is InChI=1S/C26H30N6O3/c1-16-19(24(33)32-7-9-35-10-8-32)12-18(34-4)13-22(16)31-25-27-6-5-21(30-25)17-11-20-23(28-14-17)29-15-26(20,2)3/h5-6,11-14H,7-10,15H2,1-4H3,(H,28,29)(H,27,30,31). The van der Waals surface area contributed by atoms with Crippen LogP contribution in [-0.2, 0) is 10.2 Å². The Morgan fingerprint density at radius 3 is 2.77 bits per heavy atom. The number of morpholine rings is 1. The highest BCUT2D eigenvalue weighted by atomic mass is 16.5. The first kappa shape index (κ1) is 23.0. The Hall–Kier alpha value is -3.72. The van der Waals surface area contributed by atoms with Gasteiger partial charge in [-0.25, -0.2) is 15.0 Å². The Bertz CT molecular complexity index is 1270. The van der Waals surface area contributed by atoms with Crippen molar-refractivity contribution in [1.29, 1.82) is 0 Å². The lowest BCUT2D eigenvalue weighted by atomic mass is 9.87. The lowest BCUT2D eigenvalue weighted by Crippen LogP contribution is -2.41. The summed E-state index contributed by atoms with van der Waals surface area (Å²) < 4.78 is 10.9. The fourth-order valence-electron chi connectivity index (χ4n) is 4.46. The van der Waals surface area contributed by atoms with E-state index < -0.39 is 0 Å². The predicted molar refractivity (Wildman–Crippen MR) is 135 cm³/mol. The summed E-state index contributed by atoms with van der Waals surface area (Å²) in [7, 11) is 1.59. The third-order valence-electron chi connectivity index (χ3n) is 6.66. The fourth-order valence-corrected chi connectivity index (χ4v) is 4.46. The lowest BCUT2D eigenvalue weighted by Gasteiger charge is -2.28. The molecule has 1 fully saturated rings. The monoisotopic (exact) mass is 474 g/mol. The minimum atomic E-state index is -0.0390. The molecule has 3 aromatic rings. The van der Waals surface area contributed by atoms with Crippen molar-refractivity contribution in [2.75, 3.05) is 50.6 Å². The number of amides is 1. The second-order valence-electron chi connectivity index (χ2n) is 9.50. The van der Waals surface area contributed by atoms with Crippen LogP contribution in [0.4, 0.5) is 17.5 Å². The van der Waals surface area contributed by atoms with Crippen LogP contribution in [0.2, 0.25) is 0 Å². The van der Waals surface area contributed by atoms with Crippen LogP contribution in [0.3, 0.4) is 0 Å². The molecule has 2 aromatic heterocycles. The smallest absolute Gasteiger partial charge is 0.254 e. The van der Waals surface area contributed by atoms with Crippen LogP contribution in [-0.4, -0.2) is 65.7 Å². The van der Waals surface area contributed by atoms with Crippen molar-refractivity contribution in [3.8, 4) is 17.0 Å². The number of carbonyl (C=O) groups excluding carboxylic acids is 1. The van der Waals surface area contributed by atoms with E-state index in [1.807, 2.05) is 30.2 Å². The van der Waals surface area contributed by atoms with Crippen molar-refractivity contribution in [3.63, 3.8) is 0 Å². The molecule has 0 spiro atoms. The number of carbonyl (C=O) groups is 1. The molecule has 0 unspecified atom stereocenters. The number of aromatic nitrogens is 3. The molecule has 1 saturated heterocycles. The Morgan fingerprint density at radius 2 is 2.00 bits per heavy atom. The minimum Gasteiger partial charge on any atom is -0.497 e. The maximum absolute atomic E-state index is 13.2. The van der Waals surface area contributed by atoms with Crippen LogP contribution in [0.1, 0.15) is 35.3 Å². The second-order valence-corrected chi connectivity index (χ2v) is 9.50. The highest BCUT2D eigenvalue weighted by Gasteiger charge is 2.31. The Kier molecular flexibility index (Phi) is 6.02. The van der Waals surface area contributed by atoms with E-state index in [1.165, 1.54) is 5.56 Å². The summed E-state index contributed by atoms with van der Waals surface area (Å²) in [6, 6.07) is 7.65. The molecule has 1 amide bonds. The molecule has 0 radical (unpaired) electrons. The minimum absolute atomic E-state index is 0.00752. The largest absolute Gasteiger partial charge is 0.497 e. The predicted octanol–water partition coefficient (Wildman–Crippen LogP) is 3.77. The van der Waals surface area contributed by atoms with Crippen LogP contribution in [0, 0.1) is 6.92 Å². The van der Waals surface area contributed by atoms with Crippen molar-refractivity contribution < 1.29 is 14.3 Å². The van der Waals surface area contributed by atoms with Crippen LogP contribution < -0.4 is 15.4 Å². The van der Waals surface area contributed by atoms with Gasteiger partial charge >= 0.3 is 0 Å². The molecule has 1 aromatic carbocycles. The lowest BCUT2D eigenvalue weighted by molar-refractivity contribution is 0.0302. The van der Waals surface area contributed by atoms with Crippen molar-refractivity contribution in [3.05, 3.63) is 53.3 Å². The van der Waals surface area contributed by atoms with Gasteiger partial charge in [-0.2, -0.15) is 0 Å². The fraction of sp³-hybridized carbons (Fsp3) is 0.385. The topological polar surface area (TPSA) is 102 Å². The molecule has 4 heterocycles. The van der Waals surface area contributed by atoms with E-state index in [0.29, 0.717) is 43.6 Å². The molecule has 0 bridgehead atoms. The van der Waals surface area contributed by atoms with Crippen LogP contribution in [0.15, 0.2) is 36.7 Å². The molecule has 35 heavy (non-hydrogen) atoms. The zero-order chi connectivity index (χ0) is 24.6. The van der Waals surface area contributed by atoms with Crippen molar-refractivity contribution in [1.82, 2.24) is 19.9 Å². The van der Waals surface area contributed by atoms with Gasteiger partial charge in [-0.15, -0.1) is 0 Å². The van der Waals surface area contributed by atoms with Gasteiger partial charge in [-0.05, 0) is 30.7 Å². The molecule has 0 atom stereocenters. The van der Waals surface area contributed by atoms with Gasteiger partial charge in [0, 0.05) is 65.9 Å². The van der Waals surface area contributed by atoms with Gasteiger partial charge in [0.2, 0.25) is 5.95 Å². The van der Waals surface area contributed by atoms with Crippen molar-refractivity contribution in [2.24, 2.45) is 0 Å². The Morgan fingerprint density at radius 1 is 1.20 bits per heavy atom. The number of anilines is 3. The van der Waals surface area contributed by atoms with Gasteiger partial charge in [0.15, 0.2) is 0 Å². The number of fused-ring (bicyclic) bond motifs is 1. The van der Waals surface area contributed by atoms with Gasteiger partial charge in [0.25, 0.3) is 5.91 Å². The normalized spacial score (nSPS) is 16.4. The van der Waals surface area contributed by atoms with Crippen LogP contribution >= 0.6 is 0 Å². The third-order valence-corrected chi connectivity index (χ3v) is 6.66. The van der Waals surface area contributed by atoms with E-state index in [0.717, 1.165) is 34.9 Å². The Balaban J connectivity index is 1.45. The van der Waals surface area contributed by atoms with Crippen molar-refractivity contribution >= 4 is 23.4 Å². The van der Waals surface area contributed by atoms with Crippen molar-refractivity contribution in [2.45, 2.75) is 26.2 Å². The van der Waals surface area contributed by atoms with E-state index in [-0.39, 0.29) is 11.3 Å². The van der Waals surface area contributed by atoms with Crippen LogP contribution in [0.5, 0.6) is 5.75 Å². The first-order valence-electron chi connectivity index (χ1n) is 11.8. The summed E-state index contributed by atoms with van der Waals surface area (Å²) in [6.07, 6.45) is 3.55. The van der Waals surface area contributed by atoms with E-state index in [2.05, 4.69) is 40.5 Å². The summed E-state index contributed by atoms with van der Waals surface area (Å²) in [4.78, 5) is 28.8. The maximum atomic E-state index is 13.2. The summed E-state index contributed by atoms with van der Waals surface area (Å²) in [5.41, 5.74) is 5.00. The number of hydrogen-bond acceptors (Lipinski definition) is 8. The van der Waals surface area contributed by atoms with E-state index >= 15 is 0 Å². The maximum Gasteiger partial charge on any atom is 0.254 e. The number of rotatable bonds is 5. The molecular formula is C26H30N6O3. The third kappa shape index (κ3) is 4.51. The van der Waals surface area contributed by atoms with Gasteiger partial charge in [-0.1, -0.05) is 13.8 Å². The Labute approximate surface area is 204 Å². The number of nitrogens with zero attached hydrogens (tertiary/aromatic N) is 4. The molecule has 2 aliphatic heterocycles. The van der Waals surface area contributed by atoms with E-state index in [4.69, 9.17) is 14.5 Å². The number of pyridine rings is 1.